The lowest BCUT2D eigenvalue weighted by Crippen LogP contribution is -2.40. The highest BCUT2D eigenvalue weighted by Crippen LogP contribution is 2.13. The summed E-state index contributed by atoms with van der Waals surface area (Å²) in [5, 5.41) is 13.0. The fourth-order valence-corrected chi connectivity index (χ4v) is 1.84. The number of nitrogens with one attached hydrogen (secondary N) is 1. The van der Waals surface area contributed by atoms with Crippen molar-refractivity contribution in [2.45, 2.75) is 6.10 Å². The Bertz CT molecular complexity index is 445. The zero-order valence-corrected chi connectivity index (χ0v) is 10.3. The maximum atomic E-state index is 11.9. The van der Waals surface area contributed by atoms with Gasteiger partial charge in [0, 0.05) is 13.6 Å². The molecule has 0 spiro atoms. The maximum absolute atomic E-state index is 11.9. The summed E-state index contributed by atoms with van der Waals surface area (Å²) in [5.41, 5.74) is 0.804. The Morgan fingerprint density at radius 1 is 1.50 bits per heavy atom. The molecule has 5 nitrogen and oxygen atoms in total. The highest BCUT2D eigenvalue weighted by Gasteiger charge is 2.21. The average molecular weight is 247 g/mol. The number of carbonyl (C=O) groups is 1. The zero-order valence-electron chi connectivity index (χ0n) is 10.3. The number of hydrogen-bond acceptors (Lipinski definition) is 4. The van der Waals surface area contributed by atoms with Crippen LogP contribution in [-0.4, -0.2) is 48.4 Å². The number of carbonyl (C=O) groups excluding carboxylic acids is 1. The lowest BCUT2D eigenvalue weighted by atomic mass is 10.1. The smallest absolute Gasteiger partial charge is 0.288 e. The third-order valence-electron chi connectivity index (χ3n) is 2.85. The fraction of sp³-hybridized carbons (Fsp3) is 0.385. The summed E-state index contributed by atoms with van der Waals surface area (Å²) in [5.74, 6) is 0.209. The van der Waals surface area contributed by atoms with Gasteiger partial charge in [-0.05, 0) is 5.56 Å². The number of benzene rings is 1. The number of amides is 1. The number of aliphatic hydroxyl groups is 1. The van der Waals surface area contributed by atoms with Gasteiger partial charge in [0.25, 0.3) is 5.91 Å². The lowest BCUT2D eigenvalue weighted by molar-refractivity contribution is -0.124. The van der Waals surface area contributed by atoms with E-state index in [0.29, 0.717) is 18.9 Å². The molecule has 0 saturated heterocycles. The summed E-state index contributed by atoms with van der Waals surface area (Å²) < 4.78 is 0. The zero-order chi connectivity index (χ0) is 13.0. The van der Waals surface area contributed by atoms with Crippen LogP contribution >= 0.6 is 0 Å². The van der Waals surface area contributed by atoms with Crippen molar-refractivity contribution < 1.29 is 9.90 Å². The molecule has 5 heteroatoms. The predicted molar refractivity (Wildman–Crippen MR) is 69.3 cm³/mol. The second kappa shape index (κ2) is 5.64. The van der Waals surface area contributed by atoms with Crippen molar-refractivity contribution in [3.05, 3.63) is 35.9 Å². The molecule has 1 unspecified atom stereocenters. The van der Waals surface area contributed by atoms with Gasteiger partial charge in [0.2, 0.25) is 0 Å². The molecule has 1 atom stereocenters. The van der Waals surface area contributed by atoms with Crippen LogP contribution in [0.3, 0.4) is 0 Å². The number of rotatable bonds is 4. The fourth-order valence-electron chi connectivity index (χ4n) is 1.84. The van der Waals surface area contributed by atoms with Gasteiger partial charge < -0.3 is 15.3 Å². The van der Waals surface area contributed by atoms with Crippen LogP contribution in [-0.2, 0) is 4.79 Å². The van der Waals surface area contributed by atoms with Crippen LogP contribution in [0.4, 0.5) is 0 Å². The van der Waals surface area contributed by atoms with Gasteiger partial charge in [-0.3, -0.25) is 9.79 Å². The quantitative estimate of drug-likeness (QED) is 0.797. The molecule has 0 radical (unpaired) electrons. The minimum Gasteiger partial charge on any atom is -0.387 e. The summed E-state index contributed by atoms with van der Waals surface area (Å²) in [6, 6.07) is 9.30. The second-order valence-electron chi connectivity index (χ2n) is 4.27. The van der Waals surface area contributed by atoms with E-state index in [9.17, 15) is 9.90 Å². The minimum absolute atomic E-state index is 0.178. The van der Waals surface area contributed by atoms with Crippen LogP contribution in [0.25, 0.3) is 0 Å². The van der Waals surface area contributed by atoms with E-state index >= 15 is 0 Å². The molecule has 1 aliphatic heterocycles. The molecule has 0 saturated carbocycles. The van der Waals surface area contributed by atoms with Crippen molar-refractivity contribution in [3.63, 3.8) is 0 Å². The van der Waals surface area contributed by atoms with Gasteiger partial charge in [-0.1, -0.05) is 30.3 Å². The normalized spacial score (nSPS) is 15.8. The molecule has 1 heterocycles. The Morgan fingerprint density at radius 3 is 2.83 bits per heavy atom. The molecule has 2 N–H and O–H groups in total. The standard InChI is InChI=1S/C13H17N3O2/c1-16(13(18)12-14-7-8-15-12)9-11(17)10-5-3-2-4-6-10/h2-6,11,17H,7-9H2,1H3,(H,14,15). The molecule has 96 valence electrons. The lowest BCUT2D eigenvalue weighted by Gasteiger charge is -2.21. The molecular formula is C13H17N3O2. The van der Waals surface area contributed by atoms with Gasteiger partial charge in [0.15, 0.2) is 5.84 Å². The third kappa shape index (κ3) is 2.87. The Morgan fingerprint density at radius 2 is 2.22 bits per heavy atom. The monoisotopic (exact) mass is 247 g/mol. The molecule has 0 aliphatic carbocycles. The van der Waals surface area contributed by atoms with Gasteiger partial charge in [0.05, 0.1) is 19.2 Å². The predicted octanol–water partition coefficient (Wildman–Crippen LogP) is 0.180. The summed E-state index contributed by atoms with van der Waals surface area (Å²) in [6.07, 6.45) is -0.679. The Labute approximate surface area is 106 Å². The van der Waals surface area contributed by atoms with Crippen LogP contribution in [0, 0.1) is 0 Å². The van der Waals surface area contributed by atoms with E-state index in [4.69, 9.17) is 0 Å². The van der Waals surface area contributed by atoms with Crippen molar-refractivity contribution >= 4 is 11.7 Å². The van der Waals surface area contributed by atoms with Gasteiger partial charge >= 0.3 is 0 Å². The van der Waals surface area contributed by atoms with Gasteiger partial charge in [-0.25, -0.2) is 0 Å². The highest BCUT2D eigenvalue weighted by atomic mass is 16.3. The summed E-state index contributed by atoms with van der Waals surface area (Å²) in [4.78, 5) is 17.5. The van der Waals surface area contributed by atoms with E-state index in [1.165, 1.54) is 4.90 Å². The largest absolute Gasteiger partial charge is 0.387 e. The Kier molecular flexibility index (Phi) is 3.94. The number of amidine groups is 1. The topological polar surface area (TPSA) is 64.9 Å². The molecule has 2 rings (SSSR count). The SMILES string of the molecule is CN(CC(O)c1ccccc1)C(=O)C1=NCCN1. The number of likely N-dealkylation sites (N-methyl/N-ethyl adjacent to an activating group) is 1. The van der Waals surface area contributed by atoms with Crippen LogP contribution in [0.1, 0.15) is 11.7 Å². The first kappa shape index (κ1) is 12.6. The number of aliphatic imine (C=N–C) groups is 1. The van der Waals surface area contributed by atoms with E-state index in [-0.39, 0.29) is 12.5 Å². The third-order valence-corrected chi connectivity index (χ3v) is 2.85. The maximum Gasteiger partial charge on any atom is 0.288 e. The van der Waals surface area contributed by atoms with Crippen molar-refractivity contribution in [2.24, 2.45) is 4.99 Å². The summed E-state index contributed by atoms with van der Waals surface area (Å²) >= 11 is 0. The van der Waals surface area contributed by atoms with Crippen molar-refractivity contribution in [1.29, 1.82) is 0 Å². The molecule has 0 bridgehead atoms. The van der Waals surface area contributed by atoms with Crippen LogP contribution < -0.4 is 5.32 Å². The highest BCUT2D eigenvalue weighted by molar-refractivity contribution is 6.38. The van der Waals surface area contributed by atoms with E-state index in [0.717, 1.165) is 5.56 Å². The van der Waals surface area contributed by atoms with E-state index in [2.05, 4.69) is 10.3 Å². The molecule has 0 fully saturated rings. The molecule has 1 aliphatic rings. The number of aliphatic hydroxyl groups excluding tert-OH is 1. The van der Waals surface area contributed by atoms with Crippen molar-refractivity contribution in [1.82, 2.24) is 10.2 Å². The van der Waals surface area contributed by atoms with E-state index < -0.39 is 6.10 Å². The van der Waals surface area contributed by atoms with Gasteiger partial charge in [-0.15, -0.1) is 0 Å². The molecular weight excluding hydrogens is 230 g/mol. The van der Waals surface area contributed by atoms with Crippen molar-refractivity contribution in [3.8, 4) is 0 Å². The van der Waals surface area contributed by atoms with Gasteiger partial charge in [0.1, 0.15) is 0 Å². The van der Waals surface area contributed by atoms with Crippen LogP contribution in [0.15, 0.2) is 35.3 Å². The average Bonchev–Trinajstić information content (AvgIpc) is 2.92. The molecule has 1 aromatic rings. The summed E-state index contributed by atoms with van der Waals surface area (Å²) in [7, 11) is 1.66. The van der Waals surface area contributed by atoms with E-state index in [1.807, 2.05) is 30.3 Å². The van der Waals surface area contributed by atoms with E-state index in [1.54, 1.807) is 7.05 Å². The van der Waals surface area contributed by atoms with Crippen LogP contribution in [0.2, 0.25) is 0 Å². The second-order valence-corrected chi connectivity index (χ2v) is 4.27. The minimum atomic E-state index is -0.679. The Hall–Kier alpha value is -1.88. The number of hydrogen-bond donors (Lipinski definition) is 2. The first-order valence-electron chi connectivity index (χ1n) is 5.95. The molecule has 0 aromatic heterocycles. The van der Waals surface area contributed by atoms with Gasteiger partial charge in [-0.2, -0.15) is 0 Å². The molecule has 1 aromatic carbocycles. The van der Waals surface area contributed by atoms with Crippen LogP contribution in [0.5, 0.6) is 0 Å². The molecule has 1 amide bonds. The Balaban J connectivity index is 1.95. The van der Waals surface area contributed by atoms with Crippen molar-refractivity contribution in [2.75, 3.05) is 26.7 Å². The first-order valence-corrected chi connectivity index (χ1v) is 5.95. The summed E-state index contributed by atoms with van der Waals surface area (Å²) in [6.45, 7) is 1.59. The first-order chi connectivity index (χ1) is 8.68. The number of nitrogens with zero attached hydrogens (tertiary/aromatic N) is 2. The molecule has 18 heavy (non-hydrogen) atoms.